The maximum Gasteiger partial charge on any atom is 0.189 e. The van der Waals surface area contributed by atoms with Gasteiger partial charge in [0.1, 0.15) is 23.3 Å². The third kappa shape index (κ3) is 8.52. The number of halogens is 4. The van der Waals surface area contributed by atoms with E-state index in [2.05, 4.69) is 21.5 Å². The molecule has 0 amide bonds. The zero-order chi connectivity index (χ0) is 23.3. The van der Waals surface area contributed by atoms with Crippen molar-refractivity contribution in [2.24, 2.45) is 0 Å². The summed E-state index contributed by atoms with van der Waals surface area (Å²) in [7, 11) is -1.26. The summed E-state index contributed by atoms with van der Waals surface area (Å²) in [6, 6.07) is 8.42. The first-order valence-electron chi connectivity index (χ1n) is 9.07. The molecule has 0 aliphatic carbocycles. The number of alkyl halides is 1. The molecular formula is C20H26Cl4N2O3S. The molecule has 168 valence electrons. The lowest BCUT2D eigenvalue weighted by atomic mass is 10.2. The Balaban J connectivity index is 0.00000129. The number of anilines is 1. The highest BCUT2D eigenvalue weighted by molar-refractivity contribution is 7.85. The number of fused-ring (bicyclic) bond motifs is 1. The molecule has 0 aliphatic rings. The van der Waals surface area contributed by atoms with E-state index >= 15 is 0 Å². The van der Waals surface area contributed by atoms with Crippen molar-refractivity contribution in [3.05, 3.63) is 51.0 Å². The minimum atomic E-state index is -1.26. The fourth-order valence-electron chi connectivity index (χ4n) is 2.05. The zero-order valence-electron chi connectivity index (χ0n) is 17.7. The van der Waals surface area contributed by atoms with Gasteiger partial charge in [0.15, 0.2) is 11.4 Å². The number of nitrogens with one attached hydrogen (secondary N) is 1. The van der Waals surface area contributed by atoms with Gasteiger partial charge in [0.2, 0.25) is 0 Å². The van der Waals surface area contributed by atoms with Gasteiger partial charge in [0.05, 0.1) is 15.4 Å². The number of benzene rings is 2. The quantitative estimate of drug-likeness (QED) is 0.349. The van der Waals surface area contributed by atoms with Crippen molar-refractivity contribution in [3.63, 3.8) is 0 Å². The van der Waals surface area contributed by atoms with Crippen LogP contribution < -0.4 is 9.46 Å². The van der Waals surface area contributed by atoms with Crippen molar-refractivity contribution in [2.75, 3.05) is 17.4 Å². The van der Waals surface area contributed by atoms with E-state index in [0.29, 0.717) is 37.6 Å². The topological polar surface area (TPSA) is 64.4 Å². The summed E-state index contributed by atoms with van der Waals surface area (Å²) in [6.45, 7) is 8.22. The fraction of sp³-hybridized carbons (Fsp3) is 0.350. The molecule has 0 saturated heterocycles. The average molecular weight is 516 g/mol. The Bertz CT molecular complexity index is 936. The van der Waals surface area contributed by atoms with Gasteiger partial charge in [0.25, 0.3) is 0 Å². The van der Waals surface area contributed by atoms with Crippen molar-refractivity contribution in [1.82, 2.24) is 5.16 Å². The van der Waals surface area contributed by atoms with E-state index in [1.165, 1.54) is 12.6 Å². The van der Waals surface area contributed by atoms with E-state index < -0.39 is 11.0 Å². The maximum absolute atomic E-state index is 11.3. The van der Waals surface area contributed by atoms with Gasteiger partial charge >= 0.3 is 0 Å². The third-order valence-electron chi connectivity index (χ3n) is 3.16. The molecule has 0 bridgehead atoms. The van der Waals surface area contributed by atoms with Gasteiger partial charge in [-0.3, -0.25) is 4.72 Å². The summed E-state index contributed by atoms with van der Waals surface area (Å²) in [6.07, 6.45) is 2.97. The van der Waals surface area contributed by atoms with Crippen LogP contribution in [0.5, 0.6) is 5.75 Å². The second-order valence-electron chi connectivity index (χ2n) is 4.89. The second-order valence-corrected chi connectivity index (χ2v) is 7.23. The first-order chi connectivity index (χ1) is 14.4. The van der Waals surface area contributed by atoms with Gasteiger partial charge in [-0.2, -0.15) is 0 Å². The zero-order valence-corrected chi connectivity index (χ0v) is 21.5. The highest BCUT2D eigenvalue weighted by atomic mass is 35.5. The van der Waals surface area contributed by atoms with E-state index in [4.69, 9.17) is 44.1 Å². The summed E-state index contributed by atoms with van der Waals surface area (Å²) in [5.41, 5.74) is 1.23. The van der Waals surface area contributed by atoms with Gasteiger partial charge in [-0.1, -0.05) is 67.7 Å². The largest absolute Gasteiger partial charge is 0.489 e. The minimum Gasteiger partial charge on any atom is -0.489 e. The molecule has 0 aliphatic heterocycles. The molecule has 0 saturated carbocycles. The number of ether oxygens (including phenoxy) is 1. The van der Waals surface area contributed by atoms with E-state index in [1.807, 2.05) is 27.7 Å². The Morgan fingerprint density at radius 1 is 1.00 bits per heavy atom. The number of aromatic nitrogens is 1. The lowest BCUT2D eigenvalue weighted by Crippen LogP contribution is -2.01. The lowest BCUT2D eigenvalue weighted by Gasteiger charge is -2.09. The van der Waals surface area contributed by atoms with Crippen LogP contribution in [0.15, 0.2) is 34.9 Å². The first-order valence-corrected chi connectivity index (χ1v) is 12.5. The van der Waals surface area contributed by atoms with Crippen LogP contribution >= 0.6 is 46.4 Å². The van der Waals surface area contributed by atoms with Crippen LogP contribution in [-0.2, 0) is 17.6 Å². The van der Waals surface area contributed by atoms with Crippen molar-refractivity contribution in [1.29, 1.82) is 0 Å². The Hall–Kier alpha value is -1.18. The monoisotopic (exact) mass is 514 g/mol. The Morgan fingerprint density at radius 3 is 2.20 bits per heavy atom. The van der Waals surface area contributed by atoms with Crippen LogP contribution in [-0.4, -0.2) is 22.0 Å². The maximum atomic E-state index is 11.3. The van der Waals surface area contributed by atoms with Crippen LogP contribution in [0.2, 0.25) is 15.1 Å². The van der Waals surface area contributed by atoms with E-state index in [1.54, 1.807) is 30.3 Å². The van der Waals surface area contributed by atoms with Gasteiger partial charge < -0.3 is 9.26 Å². The number of nitrogens with zero attached hydrogens (tertiary/aromatic N) is 1. The average Bonchev–Trinajstić information content (AvgIpc) is 3.14. The molecule has 1 N–H and O–H groups in total. The van der Waals surface area contributed by atoms with Crippen molar-refractivity contribution in [3.8, 4) is 5.75 Å². The van der Waals surface area contributed by atoms with Gasteiger partial charge in [-0.15, -0.1) is 11.6 Å². The van der Waals surface area contributed by atoms with E-state index in [-0.39, 0.29) is 6.61 Å². The third-order valence-corrected chi connectivity index (χ3v) is 4.74. The molecule has 0 fully saturated rings. The second kappa shape index (κ2) is 15.6. The summed E-state index contributed by atoms with van der Waals surface area (Å²) in [4.78, 5) is 0. The molecule has 5 nitrogen and oxygen atoms in total. The number of hydrogen-bond acceptors (Lipinski definition) is 4. The van der Waals surface area contributed by atoms with Crippen LogP contribution in [0.3, 0.4) is 0 Å². The van der Waals surface area contributed by atoms with E-state index in [0.717, 1.165) is 5.56 Å². The molecule has 1 unspecified atom stereocenters. The Kier molecular flexibility index (Phi) is 15.0. The van der Waals surface area contributed by atoms with Crippen LogP contribution in [0.1, 0.15) is 33.3 Å². The molecule has 3 rings (SSSR count). The number of rotatable bonds is 5. The number of hydrogen-bond donors (Lipinski definition) is 1. The first kappa shape index (κ1) is 28.8. The van der Waals surface area contributed by atoms with Crippen molar-refractivity contribution < 1.29 is 13.5 Å². The minimum absolute atomic E-state index is 0.218. The molecule has 1 atom stereocenters. The normalized spacial score (nSPS) is 10.5. The van der Waals surface area contributed by atoms with Crippen LogP contribution in [0.4, 0.5) is 5.82 Å². The molecule has 30 heavy (non-hydrogen) atoms. The molecule has 3 aromatic rings. The summed E-state index contributed by atoms with van der Waals surface area (Å²) >= 11 is 22.8. The molecule has 2 aromatic carbocycles. The van der Waals surface area contributed by atoms with Crippen LogP contribution in [0.25, 0.3) is 11.0 Å². The lowest BCUT2D eigenvalue weighted by molar-refractivity contribution is 0.306. The summed E-state index contributed by atoms with van der Waals surface area (Å²) < 4.78 is 24.9. The summed E-state index contributed by atoms with van der Waals surface area (Å²) in [5, 5.41) is 5.84. The van der Waals surface area contributed by atoms with Crippen molar-refractivity contribution >= 4 is 74.2 Å². The predicted molar refractivity (Wildman–Crippen MR) is 132 cm³/mol. The molecule has 10 heteroatoms. The van der Waals surface area contributed by atoms with Gasteiger partial charge in [0, 0.05) is 29.3 Å². The Labute approximate surface area is 200 Å². The highest BCUT2D eigenvalue weighted by Crippen LogP contribution is 2.31. The van der Waals surface area contributed by atoms with E-state index in [9.17, 15) is 4.21 Å². The summed E-state index contributed by atoms with van der Waals surface area (Å²) in [5.74, 6) is 0.951. The predicted octanol–water partition coefficient (Wildman–Crippen LogP) is 7.98. The highest BCUT2D eigenvalue weighted by Gasteiger charge is 2.13. The van der Waals surface area contributed by atoms with Crippen LogP contribution in [0, 0.1) is 0 Å². The SMILES string of the molecule is CC.CC.CCl.CS(=O)Nc1noc2cc(COc3ccc(Cl)c(Cl)c3)c(Cl)cc12. The molecule has 0 radical (unpaired) electrons. The van der Waals surface area contributed by atoms with Crippen molar-refractivity contribution in [2.45, 2.75) is 34.3 Å². The Morgan fingerprint density at radius 2 is 1.63 bits per heavy atom. The van der Waals surface area contributed by atoms with Gasteiger partial charge in [-0.05, 0) is 24.3 Å². The van der Waals surface area contributed by atoms with Gasteiger partial charge in [-0.25, -0.2) is 4.21 Å². The molecule has 0 spiro atoms. The molecule has 1 heterocycles. The molecule has 1 aromatic heterocycles. The standard InChI is InChI=1S/C15H11Cl3N2O3S.2C2H6.CH3Cl/c1-24(21)20-15-10-6-12(17)8(4-14(10)23-19-15)7-22-9-2-3-11(16)13(18)5-9;3*1-2/h2-6H,7H2,1H3,(H,19,20);2*1-2H3;1H3. The molecular weight excluding hydrogens is 490 g/mol. The fourth-order valence-corrected chi connectivity index (χ4v) is 2.97. The smallest absolute Gasteiger partial charge is 0.189 e.